The molecular weight excluding hydrogens is 246 g/mol. The summed E-state index contributed by atoms with van der Waals surface area (Å²) in [6.45, 7) is 5.74. The average molecular weight is 269 g/mol. The second-order valence-electron chi connectivity index (χ2n) is 5.37. The highest BCUT2D eigenvalue weighted by atomic mass is 16.6. The molecule has 1 heterocycles. The van der Waals surface area contributed by atoms with E-state index in [-0.39, 0.29) is 5.88 Å². The number of nitrogens with one attached hydrogen (secondary N) is 1. The van der Waals surface area contributed by atoms with E-state index in [0.29, 0.717) is 24.3 Å². The van der Waals surface area contributed by atoms with Gasteiger partial charge in [-0.2, -0.15) is 0 Å². The number of hydrogen-bond donors (Lipinski definition) is 1. The third kappa shape index (κ3) is 5.40. The van der Waals surface area contributed by atoms with Gasteiger partial charge < -0.3 is 14.6 Å². The van der Waals surface area contributed by atoms with Crippen LogP contribution in [0.2, 0.25) is 0 Å². The molecule has 6 heteroatoms. The van der Waals surface area contributed by atoms with Crippen molar-refractivity contribution in [2.45, 2.75) is 32.9 Å². The summed E-state index contributed by atoms with van der Waals surface area (Å²) >= 11 is 0. The molecule has 0 saturated heterocycles. The van der Waals surface area contributed by atoms with Crippen LogP contribution in [-0.4, -0.2) is 36.5 Å². The predicted molar refractivity (Wildman–Crippen MR) is 74.0 cm³/mol. The quantitative estimate of drug-likeness (QED) is 0.579. The maximum atomic E-state index is 10.5. The maximum absolute atomic E-state index is 10.5. The molecule has 1 rings (SSSR count). The van der Waals surface area contributed by atoms with Gasteiger partial charge in [-0.15, -0.1) is 0 Å². The van der Waals surface area contributed by atoms with Gasteiger partial charge in [-0.25, -0.2) is 0 Å². The van der Waals surface area contributed by atoms with Crippen LogP contribution >= 0.6 is 0 Å². The van der Waals surface area contributed by atoms with E-state index >= 15 is 0 Å². The van der Waals surface area contributed by atoms with Gasteiger partial charge in [0.05, 0.1) is 12.6 Å². The third-order valence-corrected chi connectivity index (χ3v) is 2.98. The molecule has 1 aromatic rings. The van der Waals surface area contributed by atoms with Gasteiger partial charge in [0, 0.05) is 12.6 Å². The first-order valence-electron chi connectivity index (χ1n) is 6.50. The lowest BCUT2D eigenvalue weighted by molar-refractivity contribution is -0.402. The van der Waals surface area contributed by atoms with E-state index in [1.807, 2.05) is 0 Å². The molecule has 1 unspecified atom stereocenters. The van der Waals surface area contributed by atoms with E-state index < -0.39 is 4.92 Å². The molecule has 0 aliphatic heterocycles. The Morgan fingerprint density at radius 2 is 2.11 bits per heavy atom. The molecule has 0 amide bonds. The van der Waals surface area contributed by atoms with Crippen molar-refractivity contribution in [1.29, 1.82) is 0 Å². The molecule has 0 fully saturated rings. The zero-order valence-electron chi connectivity index (χ0n) is 12.0. The van der Waals surface area contributed by atoms with Gasteiger partial charge in [0.1, 0.15) is 10.7 Å². The summed E-state index contributed by atoms with van der Waals surface area (Å²) in [4.78, 5) is 12.2. The lowest BCUT2D eigenvalue weighted by Crippen LogP contribution is -2.38. The standard InChI is InChI=1S/C13H23N3O3/c1-10(2)7-11(15(3)4)8-14-9-12-5-6-13(19-12)16(17)18/h5-6,10-11,14H,7-9H2,1-4H3. The monoisotopic (exact) mass is 269 g/mol. The number of rotatable bonds is 8. The van der Waals surface area contributed by atoms with E-state index in [1.165, 1.54) is 6.07 Å². The predicted octanol–water partition coefficient (Wildman–Crippen LogP) is 2.25. The Morgan fingerprint density at radius 3 is 2.58 bits per heavy atom. The average Bonchev–Trinajstić information content (AvgIpc) is 2.75. The molecule has 6 nitrogen and oxygen atoms in total. The Morgan fingerprint density at radius 1 is 1.42 bits per heavy atom. The topological polar surface area (TPSA) is 71.5 Å². The molecule has 0 spiro atoms. The van der Waals surface area contributed by atoms with Gasteiger partial charge in [-0.1, -0.05) is 13.8 Å². The number of nitro groups is 1. The minimum atomic E-state index is -0.523. The van der Waals surface area contributed by atoms with Gasteiger partial charge in [-0.3, -0.25) is 10.1 Å². The Hall–Kier alpha value is -1.40. The van der Waals surface area contributed by atoms with Crippen LogP contribution in [0.3, 0.4) is 0 Å². The molecule has 0 bridgehead atoms. The van der Waals surface area contributed by atoms with Crippen molar-refractivity contribution in [2.24, 2.45) is 5.92 Å². The molecule has 0 radical (unpaired) electrons. The van der Waals surface area contributed by atoms with Gasteiger partial charge in [0.15, 0.2) is 0 Å². The van der Waals surface area contributed by atoms with E-state index in [1.54, 1.807) is 6.07 Å². The van der Waals surface area contributed by atoms with E-state index in [2.05, 4.69) is 38.2 Å². The molecule has 1 aromatic heterocycles. The summed E-state index contributed by atoms with van der Waals surface area (Å²) in [6.07, 6.45) is 1.11. The van der Waals surface area contributed by atoms with Crippen molar-refractivity contribution in [3.8, 4) is 0 Å². The van der Waals surface area contributed by atoms with E-state index in [9.17, 15) is 10.1 Å². The van der Waals surface area contributed by atoms with Crippen molar-refractivity contribution in [3.63, 3.8) is 0 Å². The fraction of sp³-hybridized carbons (Fsp3) is 0.692. The lowest BCUT2D eigenvalue weighted by Gasteiger charge is -2.26. The van der Waals surface area contributed by atoms with Crippen LogP contribution in [0, 0.1) is 16.0 Å². The maximum Gasteiger partial charge on any atom is 0.433 e. The van der Waals surface area contributed by atoms with Crippen LogP contribution in [0.4, 0.5) is 5.88 Å². The van der Waals surface area contributed by atoms with Crippen LogP contribution < -0.4 is 5.32 Å². The van der Waals surface area contributed by atoms with Crippen LogP contribution in [0.5, 0.6) is 0 Å². The Kier molecular flexibility index (Phi) is 5.98. The van der Waals surface area contributed by atoms with Crippen LogP contribution in [0.1, 0.15) is 26.0 Å². The van der Waals surface area contributed by atoms with E-state index in [0.717, 1.165) is 13.0 Å². The summed E-state index contributed by atoms with van der Waals surface area (Å²) in [5.74, 6) is 1.02. The molecule has 0 aliphatic carbocycles. The Labute approximate surface area is 113 Å². The van der Waals surface area contributed by atoms with Crippen molar-refractivity contribution >= 4 is 5.88 Å². The molecular formula is C13H23N3O3. The summed E-state index contributed by atoms with van der Waals surface area (Å²) in [6, 6.07) is 3.47. The highest BCUT2D eigenvalue weighted by molar-refractivity contribution is 5.17. The summed E-state index contributed by atoms with van der Waals surface area (Å²) in [5.41, 5.74) is 0. The Balaban J connectivity index is 2.40. The number of likely N-dealkylation sites (N-methyl/N-ethyl adjacent to an activating group) is 1. The van der Waals surface area contributed by atoms with Gasteiger partial charge >= 0.3 is 5.88 Å². The zero-order valence-corrected chi connectivity index (χ0v) is 12.0. The van der Waals surface area contributed by atoms with Gasteiger partial charge in [-0.05, 0) is 32.5 Å². The molecule has 19 heavy (non-hydrogen) atoms. The first kappa shape index (κ1) is 15.7. The summed E-state index contributed by atoms with van der Waals surface area (Å²) in [5, 5.41) is 13.8. The number of hydrogen-bond acceptors (Lipinski definition) is 5. The van der Waals surface area contributed by atoms with Crippen LogP contribution in [0.25, 0.3) is 0 Å². The third-order valence-electron chi connectivity index (χ3n) is 2.98. The van der Waals surface area contributed by atoms with Crippen LogP contribution in [0.15, 0.2) is 16.5 Å². The summed E-state index contributed by atoms with van der Waals surface area (Å²) in [7, 11) is 4.12. The minimum absolute atomic E-state index is 0.205. The summed E-state index contributed by atoms with van der Waals surface area (Å²) < 4.78 is 5.09. The number of furan rings is 1. The Bertz CT molecular complexity index is 402. The largest absolute Gasteiger partial charge is 0.433 e. The van der Waals surface area contributed by atoms with Crippen molar-refractivity contribution < 1.29 is 9.34 Å². The van der Waals surface area contributed by atoms with Crippen molar-refractivity contribution in [3.05, 3.63) is 28.0 Å². The van der Waals surface area contributed by atoms with E-state index in [4.69, 9.17) is 4.42 Å². The molecule has 108 valence electrons. The highest BCUT2D eigenvalue weighted by Crippen LogP contribution is 2.15. The second kappa shape index (κ2) is 7.25. The first-order chi connectivity index (χ1) is 8.90. The smallest absolute Gasteiger partial charge is 0.404 e. The fourth-order valence-corrected chi connectivity index (χ4v) is 1.94. The number of nitrogens with zero attached hydrogens (tertiary/aromatic N) is 2. The van der Waals surface area contributed by atoms with Gasteiger partial charge in [0.25, 0.3) is 0 Å². The first-order valence-corrected chi connectivity index (χ1v) is 6.50. The second-order valence-corrected chi connectivity index (χ2v) is 5.37. The lowest BCUT2D eigenvalue weighted by atomic mass is 10.0. The zero-order chi connectivity index (χ0) is 14.4. The van der Waals surface area contributed by atoms with Crippen molar-refractivity contribution in [2.75, 3.05) is 20.6 Å². The molecule has 0 saturated carbocycles. The van der Waals surface area contributed by atoms with Crippen molar-refractivity contribution in [1.82, 2.24) is 10.2 Å². The fourth-order valence-electron chi connectivity index (χ4n) is 1.94. The SMILES string of the molecule is CC(C)CC(CNCc1ccc([N+](=O)[O-])o1)N(C)C. The molecule has 0 aromatic carbocycles. The molecule has 1 N–H and O–H groups in total. The van der Waals surface area contributed by atoms with Crippen LogP contribution in [-0.2, 0) is 6.54 Å². The normalized spacial score (nSPS) is 13.2. The highest BCUT2D eigenvalue weighted by Gasteiger charge is 2.14. The molecule has 1 atom stereocenters. The minimum Gasteiger partial charge on any atom is -0.404 e. The van der Waals surface area contributed by atoms with Gasteiger partial charge in [0.2, 0.25) is 0 Å². The molecule has 0 aliphatic rings.